The molecule has 33 nitrogen and oxygen atoms in total. The van der Waals surface area contributed by atoms with Crippen LogP contribution in [0.4, 0.5) is 5.69 Å². The molecule has 7 aromatic heterocycles. The summed E-state index contributed by atoms with van der Waals surface area (Å²) in [5, 5.41) is 210. The summed E-state index contributed by atoms with van der Waals surface area (Å²) in [5.74, 6) is 4.18. The van der Waals surface area contributed by atoms with Crippen LogP contribution in [0.2, 0.25) is 0 Å². The van der Waals surface area contributed by atoms with Crippen molar-refractivity contribution in [2.45, 2.75) is 192 Å². The van der Waals surface area contributed by atoms with Crippen molar-refractivity contribution in [1.29, 1.82) is 0 Å². The van der Waals surface area contributed by atoms with E-state index in [0.717, 1.165) is 63.7 Å². The van der Waals surface area contributed by atoms with Crippen LogP contribution in [0.15, 0.2) is 208 Å². The predicted molar refractivity (Wildman–Crippen MR) is 497 cm³/mol. The molecule has 40 heteroatoms. The van der Waals surface area contributed by atoms with Gasteiger partial charge < -0.3 is 159 Å². The molecule has 5 saturated heterocycles. The summed E-state index contributed by atoms with van der Waals surface area (Å²) in [4.78, 5) is 9.21. The van der Waals surface area contributed by atoms with Crippen molar-refractivity contribution in [2.75, 3.05) is 40.1 Å². The standard InChI is InChI=1S/C24H26O7S.C19H20O6S2.C18H19NO6S.C18H22O7S.C15H18O6S2/c25-13-19-21(26)22(27)23(28)24(31-19)30-18-10-11-32-20(18)12-15-6-8-17(9-7-15)29-14-16-4-2-1-3-5-16;20-9-13-16(21)17(22)18(23)19(25-13)24-12-5-6-26-15(12)8-11-7-10-3-1-2-4-14(10)27-11;1-19-11-4-2-10(3-5-11)8-14-12(6-7-26-14)24-18-17(23)16(22)15(21)13(9-20)25-18;1-23-11-4-2-3-10(7-11)8-14-12(5-6-26-14)24-18-17(22)16(21)15(20)13(9-19)25-18;16-6-10-12(17)13(18)14(19)15(21-10)20-9-2-4-23-11(9)5-8-1-3-22-7-8/h1-11,19,21-28H,12-14H2;1-7,13,16-23H,8-9H2;2-7,13,15-18,20-23H,8-9H2;2-7,13,15-22H,8-9H2,1H3;1-4,7,10,12-19H,5-6H2. The van der Waals surface area contributed by atoms with Crippen molar-refractivity contribution in [3.05, 3.63) is 276 Å². The molecule has 0 amide bonds. The highest BCUT2D eigenvalue weighted by Crippen LogP contribution is 2.40. The third kappa shape index (κ3) is 26.4. The van der Waals surface area contributed by atoms with Crippen molar-refractivity contribution in [3.8, 4) is 40.2 Å². The van der Waals surface area contributed by atoms with Crippen molar-refractivity contribution in [2.24, 2.45) is 0 Å². The first-order chi connectivity index (χ1) is 64.8. The molecule has 134 heavy (non-hydrogen) atoms. The lowest BCUT2D eigenvalue weighted by molar-refractivity contribution is -0.277. The molecule has 12 heterocycles. The SMILES string of the molecule is COc1cccc(Cc2sccc2OC2OC(CO)C(O)C(O)C2O)c1.OCC1OC(Oc2ccsc2Cc2cc3ccccc3s2)C(O)C(O)C1O.OCC1OC(Oc2ccsc2Cc2ccc(OCc3ccccc3)cc2)C(O)C(O)C1O.OCC1OC(Oc2ccsc2Cc2ccsc2)C(O)C(O)C1O.[C-]#[N+]c1ccc(Cc2sccc2OC2OC(CO)C(O)C(O)C2O)cc1. The van der Waals surface area contributed by atoms with Crippen molar-refractivity contribution in [1.82, 2.24) is 0 Å². The zero-order valence-corrected chi connectivity index (χ0v) is 77.3. The topological polar surface area (TPSA) is 520 Å². The number of nitrogens with zero attached hydrogens (tertiary/aromatic N) is 1. The van der Waals surface area contributed by atoms with Gasteiger partial charge in [0.25, 0.3) is 0 Å². The van der Waals surface area contributed by atoms with Crippen molar-refractivity contribution < 1.29 is 159 Å². The second-order valence-electron chi connectivity index (χ2n) is 31.4. The fourth-order valence-electron chi connectivity index (χ4n) is 14.6. The number of aliphatic hydroxyl groups is 20. The monoisotopic (exact) mass is 1980 g/mol. The summed E-state index contributed by atoms with van der Waals surface area (Å²) in [7, 11) is 1.61. The van der Waals surface area contributed by atoms with Gasteiger partial charge in [-0.1, -0.05) is 97.1 Å². The molecule has 5 aliphatic heterocycles. The van der Waals surface area contributed by atoms with E-state index in [-0.39, 0.29) is 0 Å². The second-order valence-corrected chi connectivity index (χ2v) is 38.4. The smallest absolute Gasteiger partial charge is 0.229 e. The molecule has 20 N–H and O–H groups in total. The summed E-state index contributed by atoms with van der Waals surface area (Å²) in [6.45, 7) is 5.03. The van der Waals surface area contributed by atoms with E-state index in [2.05, 4.69) is 28.4 Å². The molecule has 5 aromatic carbocycles. The molecule has 0 saturated carbocycles. The van der Waals surface area contributed by atoms with Crippen LogP contribution in [0.1, 0.15) is 57.1 Å². The van der Waals surface area contributed by atoms with Crippen LogP contribution >= 0.6 is 79.4 Å². The van der Waals surface area contributed by atoms with E-state index in [0.29, 0.717) is 73.1 Å². The molecule has 0 radical (unpaired) electrons. The molecule has 5 fully saturated rings. The molecule has 17 rings (SSSR count). The molecule has 12 aromatic rings. The van der Waals surface area contributed by atoms with Crippen LogP contribution in [0.25, 0.3) is 14.9 Å². The number of rotatable bonds is 29. The first-order valence-electron chi connectivity index (χ1n) is 42.3. The maximum Gasteiger partial charge on any atom is 0.229 e. The molecule has 5 aliphatic rings. The summed E-state index contributed by atoms with van der Waals surface area (Å²) in [5.41, 5.74) is 5.92. The Bertz CT molecular complexity index is 5500. The van der Waals surface area contributed by atoms with Gasteiger partial charge in [-0.15, -0.1) is 68.0 Å². The van der Waals surface area contributed by atoms with Gasteiger partial charge in [-0.3, -0.25) is 0 Å². The van der Waals surface area contributed by atoms with Gasteiger partial charge in [0, 0.05) is 41.7 Å². The van der Waals surface area contributed by atoms with Crippen LogP contribution in [0.3, 0.4) is 0 Å². The van der Waals surface area contributed by atoms with Gasteiger partial charge in [0.2, 0.25) is 31.5 Å². The highest BCUT2D eigenvalue weighted by molar-refractivity contribution is 7.19. The van der Waals surface area contributed by atoms with E-state index in [1.165, 1.54) is 71.6 Å². The summed E-state index contributed by atoms with van der Waals surface area (Å²) >= 11 is 10.9. The Morgan fingerprint density at radius 1 is 0.313 bits per heavy atom. The van der Waals surface area contributed by atoms with Gasteiger partial charge in [-0.05, 0) is 144 Å². The number of fused-ring (bicyclic) bond motifs is 1. The van der Waals surface area contributed by atoms with Gasteiger partial charge in [0.15, 0.2) is 5.69 Å². The lowest BCUT2D eigenvalue weighted by atomic mass is 9.99. The second kappa shape index (κ2) is 49.6. The van der Waals surface area contributed by atoms with Gasteiger partial charge in [-0.25, -0.2) is 4.85 Å². The average Bonchev–Trinajstić information content (AvgIpc) is 1.84. The van der Waals surface area contributed by atoms with E-state index in [1.807, 2.05) is 141 Å². The number of hydrogen-bond donors (Lipinski definition) is 20. The van der Waals surface area contributed by atoms with Crippen LogP contribution in [0, 0.1) is 6.57 Å². The number of aliphatic hydroxyl groups excluding tert-OH is 20. The van der Waals surface area contributed by atoms with E-state index in [4.69, 9.17) is 63.4 Å². The highest BCUT2D eigenvalue weighted by Gasteiger charge is 2.50. The fraction of sp³-hybridized carbons (Fsp3) is 0.394. The normalized spacial score (nSPS) is 28.3. The predicted octanol–water partition coefficient (Wildman–Crippen LogP) is 6.00. The highest BCUT2D eigenvalue weighted by atomic mass is 32.1. The molecule has 25 unspecified atom stereocenters. The molecule has 0 aliphatic carbocycles. The third-order valence-corrected chi connectivity index (χ3v) is 28.6. The van der Waals surface area contributed by atoms with Crippen LogP contribution in [-0.4, -0.2) is 296 Å². The molecular formula is C94H105NO32S7. The Balaban J connectivity index is 0.000000143. The Morgan fingerprint density at radius 3 is 1.01 bits per heavy atom. The average molecular weight is 1990 g/mol. The maximum atomic E-state index is 10.2. The zero-order chi connectivity index (χ0) is 95.2. The quantitative estimate of drug-likeness (QED) is 0.0239. The van der Waals surface area contributed by atoms with Crippen LogP contribution in [-0.2, 0) is 62.4 Å². The van der Waals surface area contributed by atoms with Crippen LogP contribution in [0.5, 0.6) is 40.2 Å². The first kappa shape index (κ1) is 103. The Kier molecular flexibility index (Phi) is 38.0. The Hall–Kier alpha value is -8.65. The zero-order valence-electron chi connectivity index (χ0n) is 71.6. The molecular weight excluding hydrogens is 1880 g/mol. The van der Waals surface area contributed by atoms with Gasteiger partial charge in [0.1, 0.15) is 169 Å². The lowest BCUT2D eigenvalue weighted by Crippen LogP contribution is -2.60. The largest absolute Gasteiger partial charge is 0.497 e. The number of ether oxygens (including phenoxy) is 12. The minimum absolute atomic E-state index is 0.476. The lowest BCUT2D eigenvalue weighted by Gasteiger charge is -2.39. The molecule has 25 atom stereocenters. The van der Waals surface area contributed by atoms with E-state index < -0.39 is 187 Å². The van der Waals surface area contributed by atoms with Crippen molar-refractivity contribution in [3.63, 3.8) is 0 Å². The van der Waals surface area contributed by atoms with Gasteiger partial charge in [0.05, 0.1) is 71.1 Å². The molecule has 720 valence electrons. The Labute approximate surface area is 797 Å². The first-order valence-corrected chi connectivity index (χ1v) is 48.4. The van der Waals surface area contributed by atoms with E-state index >= 15 is 0 Å². The number of methoxy groups -OCH3 is 1. The molecule has 0 spiro atoms. The Morgan fingerprint density at radius 2 is 0.657 bits per heavy atom. The molecule has 0 bridgehead atoms. The minimum atomic E-state index is -1.48. The number of benzene rings is 5. The van der Waals surface area contributed by atoms with Crippen LogP contribution < -0.4 is 33.2 Å². The van der Waals surface area contributed by atoms with Crippen molar-refractivity contribution >= 4 is 95.1 Å². The summed E-state index contributed by atoms with van der Waals surface area (Å²) in [6.07, 6.45) is -29.2. The van der Waals surface area contributed by atoms with E-state index in [1.54, 1.807) is 72.2 Å². The number of thiophene rings is 7. The maximum absolute atomic E-state index is 10.2. The van der Waals surface area contributed by atoms with Gasteiger partial charge >= 0.3 is 0 Å². The minimum Gasteiger partial charge on any atom is -0.497 e. The summed E-state index contributed by atoms with van der Waals surface area (Å²) < 4.78 is 68.1. The third-order valence-electron chi connectivity index (χ3n) is 22.2. The van der Waals surface area contributed by atoms with Gasteiger partial charge in [-0.2, -0.15) is 11.3 Å². The number of hydrogen-bond acceptors (Lipinski definition) is 39. The van der Waals surface area contributed by atoms with E-state index in [9.17, 15) is 102 Å². The summed E-state index contributed by atoms with van der Waals surface area (Å²) in [6, 6.07) is 53.8. The fourth-order valence-corrected chi connectivity index (χ4v) is 20.6.